The van der Waals surface area contributed by atoms with E-state index in [1.165, 1.54) is 0 Å². The molecule has 0 saturated heterocycles. The van der Waals surface area contributed by atoms with Gasteiger partial charge in [-0.15, -0.1) is 0 Å². The van der Waals surface area contributed by atoms with Crippen molar-refractivity contribution in [3.8, 4) is 0 Å². The van der Waals surface area contributed by atoms with Crippen LogP contribution in [0.3, 0.4) is 0 Å². The van der Waals surface area contributed by atoms with E-state index >= 15 is 0 Å². The molecule has 0 heterocycles. The summed E-state index contributed by atoms with van der Waals surface area (Å²) in [5.74, 6) is 0.193. The van der Waals surface area contributed by atoms with Gasteiger partial charge in [-0.1, -0.05) is 63.3 Å². The Hall–Kier alpha value is 0.317. The van der Waals surface area contributed by atoms with Gasteiger partial charge >= 0.3 is 0 Å². The molecule has 0 bridgehead atoms. The number of ketones is 1. The first-order chi connectivity index (χ1) is 8.36. The van der Waals surface area contributed by atoms with Crippen molar-refractivity contribution >= 4 is 36.7 Å². The highest BCUT2D eigenvalue weighted by atomic mass is 127. The number of hydrogen-bond acceptors (Lipinski definition) is 2. The monoisotopic (exact) mass is 396 g/mol. The molecule has 19 heavy (non-hydrogen) atoms. The van der Waals surface area contributed by atoms with Crippen LogP contribution >= 0.6 is 22.6 Å². The highest BCUT2D eigenvalue weighted by Crippen LogP contribution is 2.40. The number of carbonyl (C=O) groups excluding carboxylic acids is 1. The van der Waals surface area contributed by atoms with Gasteiger partial charge in [0.25, 0.3) is 0 Å². The minimum Gasteiger partial charge on any atom is -0.413 e. The van der Waals surface area contributed by atoms with E-state index < -0.39 is 13.7 Å². The molecule has 0 fully saturated rings. The maximum atomic E-state index is 11.9. The van der Waals surface area contributed by atoms with E-state index in [2.05, 4.69) is 62.5 Å². The molecule has 112 valence electrons. The van der Waals surface area contributed by atoms with E-state index in [-0.39, 0.29) is 16.9 Å². The Bertz CT molecular complexity index is 341. The molecule has 0 saturated carbocycles. The van der Waals surface area contributed by atoms with Crippen LogP contribution in [0.15, 0.2) is 10.2 Å². The smallest absolute Gasteiger partial charge is 0.192 e. The van der Waals surface area contributed by atoms with Crippen molar-refractivity contribution in [3.63, 3.8) is 0 Å². The highest BCUT2D eigenvalue weighted by molar-refractivity contribution is 14.1. The minimum atomic E-state index is -1.86. The Balaban J connectivity index is 5.25. The number of hydrogen-bond donors (Lipinski definition) is 0. The summed E-state index contributed by atoms with van der Waals surface area (Å²) in [4.78, 5) is 11.9. The number of carbonyl (C=O) groups is 1. The first-order valence-corrected chi connectivity index (χ1v) is 11.0. The van der Waals surface area contributed by atoms with E-state index in [1.54, 1.807) is 6.92 Å². The van der Waals surface area contributed by atoms with E-state index in [4.69, 9.17) is 4.43 Å². The Morgan fingerprint density at radius 3 is 2.05 bits per heavy atom. The SMILES string of the molecule is CC(=O)C(C)(C)[C@@H](C/C=C/I)O[Si](C)(C)C(C)(C)C. The van der Waals surface area contributed by atoms with E-state index in [0.717, 1.165) is 6.42 Å². The fourth-order valence-electron chi connectivity index (χ4n) is 1.42. The number of rotatable bonds is 6. The van der Waals surface area contributed by atoms with Gasteiger partial charge in [-0.05, 0) is 35.6 Å². The third-order valence-electron chi connectivity index (χ3n) is 4.39. The van der Waals surface area contributed by atoms with Crippen LogP contribution in [-0.2, 0) is 9.22 Å². The number of Topliss-reactive ketones (excluding diaryl/α,β-unsaturated/α-hetero) is 1. The van der Waals surface area contributed by atoms with Crippen LogP contribution in [0.1, 0.15) is 48.0 Å². The molecule has 0 aromatic rings. The fourth-order valence-corrected chi connectivity index (χ4v) is 3.17. The minimum absolute atomic E-state index is 0.0445. The molecule has 1 atom stereocenters. The lowest BCUT2D eigenvalue weighted by Crippen LogP contribution is -2.49. The highest BCUT2D eigenvalue weighted by Gasteiger charge is 2.43. The molecule has 0 aliphatic carbocycles. The summed E-state index contributed by atoms with van der Waals surface area (Å²) in [7, 11) is -1.86. The third kappa shape index (κ3) is 5.31. The molecule has 0 amide bonds. The number of halogens is 1. The molecule has 0 aromatic heterocycles. The average Bonchev–Trinajstić information content (AvgIpc) is 2.21. The maximum Gasteiger partial charge on any atom is 0.192 e. The van der Waals surface area contributed by atoms with Gasteiger partial charge in [-0.2, -0.15) is 0 Å². The third-order valence-corrected chi connectivity index (χ3v) is 9.39. The van der Waals surface area contributed by atoms with Crippen molar-refractivity contribution in [1.82, 2.24) is 0 Å². The summed E-state index contributed by atoms with van der Waals surface area (Å²) < 4.78 is 8.49. The topological polar surface area (TPSA) is 26.3 Å². The predicted molar refractivity (Wildman–Crippen MR) is 94.3 cm³/mol. The summed E-state index contributed by atoms with van der Waals surface area (Å²) in [6.45, 7) is 16.8. The van der Waals surface area contributed by atoms with E-state index in [0.29, 0.717) is 0 Å². The quantitative estimate of drug-likeness (QED) is 0.448. The lowest BCUT2D eigenvalue weighted by molar-refractivity contribution is -0.129. The second kappa shape index (κ2) is 6.85. The zero-order chi connectivity index (χ0) is 15.5. The average molecular weight is 396 g/mol. The second-order valence-corrected chi connectivity index (χ2v) is 12.7. The van der Waals surface area contributed by atoms with Gasteiger partial charge in [-0.3, -0.25) is 4.79 Å². The zero-order valence-electron chi connectivity index (χ0n) is 13.6. The predicted octanol–water partition coefficient (Wildman–Crippen LogP) is 5.33. The molecular weight excluding hydrogens is 367 g/mol. The molecule has 0 spiro atoms. The normalized spacial score (nSPS) is 15.8. The van der Waals surface area contributed by atoms with Crippen LogP contribution in [0.25, 0.3) is 0 Å². The van der Waals surface area contributed by atoms with Crippen molar-refractivity contribution in [1.29, 1.82) is 0 Å². The molecule has 0 N–H and O–H groups in total. The summed E-state index contributed by atoms with van der Waals surface area (Å²) in [6.07, 6.45) is 2.84. The first-order valence-electron chi connectivity index (χ1n) is 6.80. The molecule has 0 unspecified atom stereocenters. The van der Waals surface area contributed by atoms with Crippen molar-refractivity contribution < 1.29 is 9.22 Å². The van der Waals surface area contributed by atoms with Crippen molar-refractivity contribution in [2.75, 3.05) is 0 Å². The molecule has 2 nitrogen and oxygen atoms in total. The Morgan fingerprint density at radius 2 is 1.74 bits per heavy atom. The van der Waals surface area contributed by atoms with E-state index in [1.807, 2.05) is 17.9 Å². The zero-order valence-corrected chi connectivity index (χ0v) is 16.8. The summed E-state index contributed by atoms with van der Waals surface area (Å²) >= 11 is 2.21. The molecule has 0 radical (unpaired) electrons. The van der Waals surface area contributed by atoms with E-state index in [9.17, 15) is 4.79 Å². The summed E-state index contributed by atoms with van der Waals surface area (Å²) in [5.41, 5.74) is -0.439. The van der Waals surface area contributed by atoms with Gasteiger partial charge < -0.3 is 4.43 Å². The van der Waals surface area contributed by atoms with Crippen LogP contribution in [0.2, 0.25) is 18.1 Å². The van der Waals surface area contributed by atoms with Gasteiger partial charge in [-0.25, -0.2) is 0 Å². The Morgan fingerprint density at radius 1 is 1.26 bits per heavy atom. The van der Waals surface area contributed by atoms with Gasteiger partial charge in [0.1, 0.15) is 5.78 Å². The van der Waals surface area contributed by atoms with Crippen LogP contribution < -0.4 is 0 Å². The lowest BCUT2D eigenvalue weighted by atomic mass is 9.81. The van der Waals surface area contributed by atoms with Gasteiger partial charge in [0, 0.05) is 5.41 Å². The van der Waals surface area contributed by atoms with Crippen LogP contribution in [0, 0.1) is 5.41 Å². The van der Waals surface area contributed by atoms with Gasteiger partial charge in [0.15, 0.2) is 8.32 Å². The molecule has 0 rings (SSSR count). The first kappa shape index (κ1) is 19.3. The second-order valence-electron chi connectivity index (χ2n) is 7.24. The molecule has 4 heteroatoms. The van der Waals surface area contributed by atoms with Crippen LogP contribution in [0.4, 0.5) is 0 Å². The molecule has 0 aromatic carbocycles. The largest absolute Gasteiger partial charge is 0.413 e. The van der Waals surface area contributed by atoms with Crippen LogP contribution in [-0.4, -0.2) is 20.2 Å². The van der Waals surface area contributed by atoms with Crippen LogP contribution in [0.5, 0.6) is 0 Å². The fraction of sp³-hybridized carbons (Fsp3) is 0.800. The summed E-state index contributed by atoms with van der Waals surface area (Å²) in [6, 6.07) is 0. The molecule has 0 aliphatic heterocycles. The molecular formula is C15H29IO2Si. The van der Waals surface area contributed by atoms with Gasteiger partial charge in [0.2, 0.25) is 0 Å². The summed E-state index contributed by atoms with van der Waals surface area (Å²) in [5, 5.41) is 0.159. The molecule has 0 aliphatic rings. The van der Waals surface area contributed by atoms with Crippen molar-refractivity contribution in [2.45, 2.75) is 72.2 Å². The lowest BCUT2D eigenvalue weighted by Gasteiger charge is -2.43. The van der Waals surface area contributed by atoms with Gasteiger partial charge in [0.05, 0.1) is 6.10 Å². The Labute approximate surface area is 133 Å². The van der Waals surface area contributed by atoms with Crippen molar-refractivity contribution in [3.05, 3.63) is 10.2 Å². The Kier molecular flexibility index (Phi) is 6.96. The van der Waals surface area contributed by atoms with Crippen molar-refractivity contribution in [2.24, 2.45) is 5.41 Å². The maximum absolute atomic E-state index is 11.9. The standard InChI is InChI=1S/C15H29IO2Si/c1-12(17)15(5,6)13(10-9-11-16)18-19(7,8)14(2,3)4/h9,11,13H,10H2,1-8H3/b11-9+/t13-/m1/s1.